The van der Waals surface area contributed by atoms with Gasteiger partial charge >= 0.3 is 0 Å². The molecule has 0 radical (unpaired) electrons. The summed E-state index contributed by atoms with van der Waals surface area (Å²) in [6.07, 6.45) is 0. The minimum Gasteiger partial charge on any atom is -0.497 e. The summed E-state index contributed by atoms with van der Waals surface area (Å²) in [4.78, 5) is 12.2. The van der Waals surface area contributed by atoms with Crippen molar-refractivity contribution >= 4 is 5.91 Å². The lowest BCUT2D eigenvalue weighted by Crippen LogP contribution is -2.22. The van der Waals surface area contributed by atoms with Gasteiger partial charge in [0.05, 0.1) is 7.11 Å². The number of benzene rings is 2. The summed E-state index contributed by atoms with van der Waals surface area (Å²) >= 11 is 0. The number of aromatic nitrogens is 1. The van der Waals surface area contributed by atoms with E-state index in [2.05, 4.69) is 10.5 Å². The standard InChI is InChI=1S/C19H17FN2O3/c1-12-3-6-14(9-16(12)20)18-10-17(22-25-18)19(23)21-11-13-4-7-15(24-2)8-5-13/h3-10H,11H2,1-2H3,(H,21,23). The number of halogens is 1. The number of carbonyl (C=O) groups excluding carboxylic acids is 1. The molecule has 6 heteroatoms. The summed E-state index contributed by atoms with van der Waals surface area (Å²) in [5.74, 6) is 0.396. The van der Waals surface area contributed by atoms with Crippen molar-refractivity contribution < 1.29 is 18.4 Å². The van der Waals surface area contributed by atoms with Crippen LogP contribution in [-0.4, -0.2) is 18.2 Å². The van der Waals surface area contributed by atoms with Crippen molar-refractivity contribution in [3.8, 4) is 17.1 Å². The molecule has 0 aliphatic heterocycles. The Bertz CT molecular complexity index is 888. The van der Waals surface area contributed by atoms with E-state index in [1.165, 1.54) is 12.1 Å². The lowest BCUT2D eigenvalue weighted by Gasteiger charge is -2.04. The maximum absolute atomic E-state index is 13.6. The van der Waals surface area contributed by atoms with E-state index in [4.69, 9.17) is 9.26 Å². The molecule has 0 saturated heterocycles. The van der Waals surface area contributed by atoms with Gasteiger partial charge in [-0.15, -0.1) is 0 Å². The fourth-order valence-electron chi connectivity index (χ4n) is 2.28. The number of ether oxygens (including phenoxy) is 1. The van der Waals surface area contributed by atoms with Crippen LogP contribution in [0.25, 0.3) is 11.3 Å². The average Bonchev–Trinajstić information content (AvgIpc) is 3.12. The number of rotatable bonds is 5. The van der Waals surface area contributed by atoms with Gasteiger partial charge in [0, 0.05) is 18.2 Å². The van der Waals surface area contributed by atoms with Crippen LogP contribution in [0.3, 0.4) is 0 Å². The van der Waals surface area contributed by atoms with Gasteiger partial charge in [0.2, 0.25) is 0 Å². The summed E-state index contributed by atoms with van der Waals surface area (Å²) < 4.78 is 23.9. The molecule has 0 aliphatic rings. The monoisotopic (exact) mass is 340 g/mol. The molecule has 5 nitrogen and oxygen atoms in total. The second kappa shape index (κ2) is 7.17. The Morgan fingerprint density at radius 3 is 2.64 bits per heavy atom. The first-order valence-electron chi connectivity index (χ1n) is 7.71. The van der Waals surface area contributed by atoms with Crippen LogP contribution in [0.5, 0.6) is 5.75 Å². The zero-order chi connectivity index (χ0) is 17.8. The first kappa shape index (κ1) is 16.7. The molecule has 0 unspecified atom stereocenters. The van der Waals surface area contributed by atoms with Crippen molar-refractivity contribution in [2.24, 2.45) is 0 Å². The molecule has 1 heterocycles. The Morgan fingerprint density at radius 2 is 1.96 bits per heavy atom. The highest BCUT2D eigenvalue weighted by Crippen LogP contribution is 2.22. The van der Waals surface area contributed by atoms with E-state index in [1.54, 1.807) is 26.2 Å². The number of methoxy groups -OCH3 is 1. The number of amides is 1. The molecule has 0 aliphatic carbocycles. The summed E-state index contributed by atoms with van der Waals surface area (Å²) in [5.41, 5.74) is 2.15. The quantitative estimate of drug-likeness (QED) is 0.769. The molecule has 0 fully saturated rings. The van der Waals surface area contributed by atoms with Gasteiger partial charge < -0.3 is 14.6 Å². The molecule has 25 heavy (non-hydrogen) atoms. The van der Waals surface area contributed by atoms with Crippen LogP contribution >= 0.6 is 0 Å². The van der Waals surface area contributed by atoms with Crippen LogP contribution < -0.4 is 10.1 Å². The molecular weight excluding hydrogens is 323 g/mol. The van der Waals surface area contributed by atoms with Gasteiger partial charge in [-0.3, -0.25) is 4.79 Å². The minimum absolute atomic E-state index is 0.143. The first-order chi connectivity index (χ1) is 12.1. The highest BCUT2D eigenvalue weighted by Gasteiger charge is 2.14. The first-order valence-corrected chi connectivity index (χ1v) is 7.71. The summed E-state index contributed by atoms with van der Waals surface area (Å²) in [7, 11) is 1.60. The van der Waals surface area contributed by atoms with Crippen molar-refractivity contribution in [3.63, 3.8) is 0 Å². The molecular formula is C19H17FN2O3. The van der Waals surface area contributed by atoms with E-state index in [9.17, 15) is 9.18 Å². The third-order valence-corrected chi connectivity index (χ3v) is 3.81. The smallest absolute Gasteiger partial charge is 0.273 e. The van der Waals surface area contributed by atoms with Gasteiger partial charge in [0.25, 0.3) is 5.91 Å². The van der Waals surface area contributed by atoms with E-state index >= 15 is 0 Å². The highest BCUT2D eigenvalue weighted by molar-refractivity contribution is 5.93. The fraction of sp³-hybridized carbons (Fsp3) is 0.158. The number of nitrogens with zero attached hydrogens (tertiary/aromatic N) is 1. The van der Waals surface area contributed by atoms with Gasteiger partial charge in [0.1, 0.15) is 11.6 Å². The van der Waals surface area contributed by atoms with E-state index in [0.717, 1.165) is 11.3 Å². The largest absolute Gasteiger partial charge is 0.497 e. The molecule has 3 aromatic rings. The third-order valence-electron chi connectivity index (χ3n) is 3.81. The zero-order valence-corrected chi connectivity index (χ0v) is 13.9. The molecule has 1 aromatic heterocycles. The molecule has 0 atom stereocenters. The van der Waals surface area contributed by atoms with E-state index in [0.29, 0.717) is 23.4 Å². The van der Waals surface area contributed by atoms with Crippen LogP contribution in [-0.2, 0) is 6.54 Å². The minimum atomic E-state index is -0.363. The molecule has 1 amide bonds. The number of hydrogen-bond acceptors (Lipinski definition) is 4. The Hall–Kier alpha value is -3.15. The molecule has 0 spiro atoms. The molecule has 0 bridgehead atoms. The molecule has 1 N–H and O–H groups in total. The SMILES string of the molecule is COc1ccc(CNC(=O)c2cc(-c3ccc(C)c(F)c3)on2)cc1. The lowest BCUT2D eigenvalue weighted by molar-refractivity contribution is 0.0942. The topological polar surface area (TPSA) is 64.4 Å². The fourth-order valence-corrected chi connectivity index (χ4v) is 2.28. The summed E-state index contributed by atoms with van der Waals surface area (Å²) in [5, 5.41) is 6.52. The predicted molar refractivity (Wildman–Crippen MR) is 90.8 cm³/mol. The zero-order valence-electron chi connectivity index (χ0n) is 13.9. The van der Waals surface area contributed by atoms with E-state index < -0.39 is 0 Å². The second-order valence-electron chi connectivity index (χ2n) is 5.57. The van der Waals surface area contributed by atoms with Gasteiger partial charge in [-0.25, -0.2) is 4.39 Å². The number of hydrogen-bond donors (Lipinski definition) is 1. The lowest BCUT2D eigenvalue weighted by atomic mass is 10.1. The van der Waals surface area contributed by atoms with Crippen LogP contribution in [0, 0.1) is 12.7 Å². The molecule has 0 saturated carbocycles. The number of nitrogens with one attached hydrogen (secondary N) is 1. The van der Waals surface area contributed by atoms with E-state index in [1.807, 2.05) is 24.3 Å². The van der Waals surface area contributed by atoms with Gasteiger partial charge in [-0.2, -0.15) is 0 Å². The maximum Gasteiger partial charge on any atom is 0.273 e. The Balaban J connectivity index is 1.66. The van der Waals surface area contributed by atoms with Crippen LogP contribution in [0.15, 0.2) is 53.1 Å². The van der Waals surface area contributed by atoms with Gasteiger partial charge in [0.15, 0.2) is 11.5 Å². The van der Waals surface area contributed by atoms with Gasteiger partial charge in [-0.1, -0.05) is 29.4 Å². The number of aryl methyl sites for hydroxylation is 1. The van der Waals surface area contributed by atoms with Crippen molar-refractivity contribution in [2.75, 3.05) is 7.11 Å². The second-order valence-corrected chi connectivity index (χ2v) is 5.57. The summed E-state index contributed by atoms with van der Waals surface area (Å²) in [6, 6.07) is 13.6. The van der Waals surface area contributed by atoms with Crippen LogP contribution in [0.2, 0.25) is 0 Å². The Morgan fingerprint density at radius 1 is 1.20 bits per heavy atom. The molecule has 128 valence electrons. The average molecular weight is 340 g/mol. The Labute approximate surface area is 144 Å². The van der Waals surface area contributed by atoms with Gasteiger partial charge in [-0.05, 0) is 36.2 Å². The number of carbonyl (C=O) groups is 1. The Kier molecular flexibility index (Phi) is 4.79. The third kappa shape index (κ3) is 3.85. The summed E-state index contributed by atoms with van der Waals surface area (Å²) in [6.45, 7) is 2.03. The van der Waals surface area contributed by atoms with Crippen LogP contribution in [0.4, 0.5) is 4.39 Å². The molecule has 2 aromatic carbocycles. The normalized spacial score (nSPS) is 10.5. The molecule has 3 rings (SSSR count). The van der Waals surface area contributed by atoms with Crippen molar-refractivity contribution in [1.29, 1.82) is 0 Å². The maximum atomic E-state index is 13.6. The van der Waals surface area contributed by atoms with Crippen molar-refractivity contribution in [3.05, 3.63) is 71.2 Å². The van der Waals surface area contributed by atoms with Crippen LogP contribution in [0.1, 0.15) is 21.6 Å². The highest BCUT2D eigenvalue weighted by atomic mass is 19.1. The predicted octanol–water partition coefficient (Wildman–Crippen LogP) is 3.73. The van der Waals surface area contributed by atoms with Crippen molar-refractivity contribution in [1.82, 2.24) is 10.5 Å². The van der Waals surface area contributed by atoms with E-state index in [-0.39, 0.29) is 17.4 Å². The van der Waals surface area contributed by atoms with Crippen molar-refractivity contribution in [2.45, 2.75) is 13.5 Å².